The highest BCUT2D eigenvalue weighted by Gasteiger charge is 2.24. The third-order valence-electron chi connectivity index (χ3n) is 5.22. The van der Waals surface area contributed by atoms with Crippen molar-refractivity contribution in [2.75, 3.05) is 39.5 Å². The van der Waals surface area contributed by atoms with Gasteiger partial charge in [-0.2, -0.15) is 0 Å². The van der Waals surface area contributed by atoms with Gasteiger partial charge in [0.2, 0.25) is 17.7 Å². The third kappa shape index (κ3) is 9.48. The maximum Gasteiger partial charge on any atom is 0.409 e. The van der Waals surface area contributed by atoms with Crippen LogP contribution >= 0.6 is 0 Å². The average molecular weight is 464 g/mol. The molecule has 33 heavy (non-hydrogen) atoms. The zero-order valence-electron chi connectivity index (χ0n) is 20.6. The molecule has 0 unspecified atom stereocenters. The normalized spacial score (nSPS) is 12.5. The fraction of sp³-hybridized carbons (Fsp3) is 0.565. The lowest BCUT2D eigenvalue weighted by molar-refractivity contribution is -0.128. The van der Waals surface area contributed by atoms with Gasteiger partial charge in [-0.1, -0.05) is 26.0 Å². The minimum atomic E-state index is -0.703. The number of amides is 4. The van der Waals surface area contributed by atoms with E-state index in [1.165, 1.54) is 16.7 Å². The quantitative estimate of drug-likeness (QED) is 0.457. The van der Waals surface area contributed by atoms with E-state index in [9.17, 15) is 19.2 Å². The molecule has 0 aromatic heterocycles. The highest BCUT2D eigenvalue weighted by molar-refractivity contribution is 5.97. The maximum absolute atomic E-state index is 12.4. The van der Waals surface area contributed by atoms with Crippen LogP contribution in [0.5, 0.6) is 0 Å². The summed E-state index contributed by atoms with van der Waals surface area (Å²) in [5.41, 5.74) is 1.32. The molecule has 2 atom stereocenters. The molecule has 0 spiro atoms. The van der Waals surface area contributed by atoms with Crippen LogP contribution in [0.3, 0.4) is 0 Å². The van der Waals surface area contributed by atoms with Crippen LogP contribution in [0, 0.1) is 5.92 Å². The number of hydrogen-bond acceptors (Lipinski definition) is 6. The monoisotopic (exact) mass is 463 g/mol. The van der Waals surface area contributed by atoms with E-state index in [2.05, 4.69) is 16.0 Å². The summed E-state index contributed by atoms with van der Waals surface area (Å²) in [5, 5.41) is 8.42. The predicted octanol–water partition coefficient (Wildman–Crippen LogP) is 1.42. The molecule has 10 heteroatoms. The molecule has 1 aromatic rings. The van der Waals surface area contributed by atoms with Crippen LogP contribution in [-0.2, 0) is 25.7 Å². The van der Waals surface area contributed by atoms with Gasteiger partial charge in [0.05, 0.1) is 6.04 Å². The Hall–Kier alpha value is -3.14. The first kappa shape index (κ1) is 27.9. The Kier molecular flexibility index (Phi) is 11.3. The van der Waals surface area contributed by atoms with Gasteiger partial charge in [0.1, 0.15) is 12.6 Å². The molecule has 0 aliphatic heterocycles. The standard InChI is InChI=1S/C23H37N5O5/c1-15(2)20(24-5)22(31)25-16(3)21(30)26-19-10-8-18(9-11-19)14-33-23(32)28(7)13-12-27(6)17(4)29/h8-11,15-16,20,24H,12-14H2,1-7H3,(H,25,31)(H,26,30)/t16-,20-/m0/s1. The number of likely N-dealkylation sites (N-methyl/N-ethyl adjacent to an activating group) is 3. The van der Waals surface area contributed by atoms with Gasteiger partial charge >= 0.3 is 6.09 Å². The maximum atomic E-state index is 12.4. The summed E-state index contributed by atoms with van der Waals surface area (Å²) in [6.45, 7) is 7.80. The minimum absolute atomic E-state index is 0.0709. The Morgan fingerprint density at radius 2 is 1.52 bits per heavy atom. The summed E-state index contributed by atoms with van der Waals surface area (Å²) in [7, 11) is 4.98. The zero-order chi connectivity index (χ0) is 25.1. The van der Waals surface area contributed by atoms with Crippen molar-refractivity contribution in [2.45, 2.75) is 46.4 Å². The van der Waals surface area contributed by atoms with Gasteiger partial charge in [0.25, 0.3) is 0 Å². The molecule has 0 saturated carbocycles. The van der Waals surface area contributed by atoms with E-state index < -0.39 is 12.1 Å². The molecular formula is C23H37N5O5. The summed E-state index contributed by atoms with van der Waals surface area (Å²) in [5.74, 6) is -0.546. The number of anilines is 1. The number of nitrogens with zero attached hydrogens (tertiary/aromatic N) is 2. The van der Waals surface area contributed by atoms with E-state index in [1.54, 1.807) is 52.3 Å². The van der Waals surface area contributed by atoms with Gasteiger partial charge in [-0.25, -0.2) is 4.79 Å². The molecule has 184 valence electrons. The number of ether oxygens (including phenoxy) is 1. The average Bonchev–Trinajstić information content (AvgIpc) is 2.76. The largest absolute Gasteiger partial charge is 0.445 e. The second kappa shape index (κ2) is 13.4. The predicted molar refractivity (Wildman–Crippen MR) is 126 cm³/mol. The number of carbonyl (C=O) groups excluding carboxylic acids is 4. The molecule has 0 bridgehead atoms. The van der Waals surface area contributed by atoms with Crippen molar-refractivity contribution < 1.29 is 23.9 Å². The topological polar surface area (TPSA) is 120 Å². The second-order valence-corrected chi connectivity index (χ2v) is 8.34. The molecule has 0 aliphatic carbocycles. The molecule has 1 rings (SSSR count). The first-order valence-corrected chi connectivity index (χ1v) is 10.9. The lowest BCUT2D eigenvalue weighted by Crippen LogP contribution is -2.51. The van der Waals surface area contributed by atoms with Crippen LogP contribution in [0.1, 0.15) is 33.3 Å². The van der Waals surface area contributed by atoms with Gasteiger partial charge in [0, 0.05) is 39.8 Å². The van der Waals surface area contributed by atoms with Crippen molar-refractivity contribution >= 4 is 29.5 Å². The van der Waals surface area contributed by atoms with Crippen LogP contribution < -0.4 is 16.0 Å². The highest BCUT2D eigenvalue weighted by Crippen LogP contribution is 2.12. The minimum Gasteiger partial charge on any atom is -0.445 e. The Morgan fingerprint density at radius 1 is 0.939 bits per heavy atom. The van der Waals surface area contributed by atoms with Crippen molar-refractivity contribution in [1.82, 2.24) is 20.4 Å². The van der Waals surface area contributed by atoms with Crippen LogP contribution in [0.15, 0.2) is 24.3 Å². The fourth-order valence-corrected chi connectivity index (χ4v) is 2.87. The number of benzene rings is 1. The van der Waals surface area contributed by atoms with E-state index in [-0.39, 0.29) is 36.3 Å². The highest BCUT2D eigenvalue weighted by atomic mass is 16.6. The molecule has 0 saturated heterocycles. The zero-order valence-corrected chi connectivity index (χ0v) is 20.6. The summed E-state index contributed by atoms with van der Waals surface area (Å²) < 4.78 is 5.28. The molecular weight excluding hydrogens is 426 g/mol. The SMILES string of the molecule is CN[C@H](C(=O)N[C@@H](C)C(=O)Nc1ccc(COC(=O)N(C)CCN(C)C(C)=O)cc1)C(C)C. The first-order chi connectivity index (χ1) is 15.5. The third-order valence-corrected chi connectivity index (χ3v) is 5.22. The number of carbonyl (C=O) groups is 4. The van der Waals surface area contributed by atoms with Gasteiger partial charge in [-0.15, -0.1) is 0 Å². The van der Waals surface area contributed by atoms with E-state index in [0.29, 0.717) is 18.8 Å². The molecule has 1 aromatic carbocycles. The summed E-state index contributed by atoms with van der Waals surface area (Å²) in [4.78, 5) is 50.9. The number of hydrogen-bond donors (Lipinski definition) is 3. The van der Waals surface area contributed by atoms with Crippen molar-refractivity contribution in [3.63, 3.8) is 0 Å². The number of nitrogens with one attached hydrogen (secondary N) is 3. The van der Waals surface area contributed by atoms with E-state index in [4.69, 9.17) is 4.74 Å². The molecule has 0 radical (unpaired) electrons. The summed E-state index contributed by atoms with van der Waals surface area (Å²) in [6, 6.07) is 5.80. The van der Waals surface area contributed by atoms with Crippen molar-refractivity contribution in [3.8, 4) is 0 Å². The first-order valence-electron chi connectivity index (χ1n) is 10.9. The van der Waals surface area contributed by atoms with E-state index in [1.807, 2.05) is 13.8 Å². The number of rotatable bonds is 11. The summed E-state index contributed by atoms with van der Waals surface area (Å²) in [6.07, 6.45) is -0.491. The Morgan fingerprint density at radius 3 is 2.03 bits per heavy atom. The van der Waals surface area contributed by atoms with Gasteiger partial charge in [0.15, 0.2) is 0 Å². The van der Waals surface area contributed by atoms with E-state index in [0.717, 1.165) is 5.56 Å². The van der Waals surface area contributed by atoms with E-state index >= 15 is 0 Å². The molecule has 0 aliphatic rings. The second-order valence-electron chi connectivity index (χ2n) is 8.34. The van der Waals surface area contributed by atoms with Gasteiger partial charge in [-0.05, 0) is 37.6 Å². The van der Waals surface area contributed by atoms with Crippen molar-refractivity contribution in [2.24, 2.45) is 5.92 Å². The molecule has 0 fully saturated rings. The van der Waals surface area contributed by atoms with Gasteiger partial charge in [-0.3, -0.25) is 14.4 Å². The Bertz CT molecular complexity index is 812. The fourth-order valence-electron chi connectivity index (χ4n) is 2.87. The molecule has 0 heterocycles. The van der Waals surface area contributed by atoms with Crippen molar-refractivity contribution in [1.29, 1.82) is 0 Å². The molecule has 4 amide bonds. The Balaban J connectivity index is 2.51. The molecule has 10 nitrogen and oxygen atoms in total. The lowest BCUT2D eigenvalue weighted by Gasteiger charge is -2.22. The van der Waals surface area contributed by atoms with Crippen LogP contribution in [0.4, 0.5) is 10.5 Å². The summed E-state index contributed by atoms with van der Waals surface area (Å²) >= 11 is 0. The van der Waals surface area contributed by atoms with Crippen LogP contribution in [0.25, 0.3) is 0 Å². The van der Waals surface area contributed by atoms with Crippen LogP contribution in [0.2, 0.25) is 0 Å². The van der Waals surface area contributed by atoms with Crippen molar-refractivity contribution in [3.05, 3.63) is 29.8 Å². The smallest absolute Gasteiger partial charge is 0.409 e. The van der Waals surface area contributed by atoms with Crippen LogP contribution in [-0.4, -0.2) is 79.9 Å². The lowest BCUT2D eigenvalue weighted by atomic mass is 10.0. The Labute approximate surface area is 196 Å². The molecule has 3 N–H and O–H groups in total. The van der Waals surface area contributed by atoms with Gasteiger partial charge < -0.3 is 30.5 Å².